The van der Waals surface area contributed by atoms with Gasteiger partial charge in [-0.1, -0.05) is 5.22 Å². The van der Waals surface area contributed by atoms with Gasteiger partial charge in [0.2, 0.25) is 0 Å². The summed E-state index contributed by atoms with van der Waals surface area (Å²) in [5.41, 5.74) is 0. The molecule has 2 N–H and O–H groups in total. The zero-order valence-corrected chi connectivity index (χ0v) is 14.8. The second-order valence-electron chi connectivity index (χ2n) is 2.34. The predicted octanol–water partition coefficient (Wildman–Crippen LogP) is 3.99. The van der Waals surface area contributed by atoms with Crippen molar-refractivity contribution in [3.63, 3.8) is 0 Å². The first-order valence-corrected chi connectivity index (χ1v) is 7.86. The fourth-order valence-electron chi connectivity index (χ4n) is 0.431. The van der Waals surface area contributed by atoms with Gasteiger partial charge in [0.05, 0.1) is 0 Å². The standard InChI is InChI=1S/H2N26S.V/c1-2-3-4-5-6-7-8-9-10-11-12-13-14-15-16-17-18-19-20-21-22-23-24-25-26-27;/h(H2,1,3,5,7,9,11,13,15,17,19,21,23,25,27);. The van der Waals surface area contributed by atoms with E-state index in [0.717, 1.165) is 9.21 Å². The summed E-state index contributed by atoms with van der Waals surface area (Å²) in [6, 6.07) is 0. The Morgan fingerprint density at radius 3 is 0.786 bits per heavy atom. The Labute approximate surface area is 161 Å². The molecule has 0 bridgehead atoms. The summed E-state index contributed by atoms with van der Waals surface area (Å²) in [7, 11) is 1.02. The SMILES string of the molecule is N/N=N/N=N/N=N/N=N/N=N/N=N/N=N/N=N/N=N/N=N/N=N/N=N/N=[S]=[V]. The summed E-state index contributed by atoms with van der Waals surface area (Å²) in [5.74, 6) is 4.61. The van der Waals surface area contributed by atoms with Crippen molar-refractivity contribution in [3.8, 4) is 0 Å². The molecule has 28 heavy (non-hydrogen) atoms. The molecule has 0 heterocycles. The van der Waals surface area contributed by atoms with Crippen molar-refractivity contribution in [2.24, 2.45) is 136 Å². The molecular weight excluding hydrogens is 447 g/mol. The van der Waals surface area contributed by atoms with Gasteiger partial charge < -0.3 is 5.84 Å². The van der Waals surface area contributed by atoms with E-state index in [1.165, 1.54) is 0 Å². The monoisotopic (exact) mass is 449 g/mol. The van der Waals surface area contributed by atoms with Crippen LogP contribution in [-0.4, -0.2) is 0 Å². The molecule has 0 atom stereocenters. The Hall–Kier alpha value is -4.40. The van der Waals surface area contributed by atoms with Crippen LogP contribution in [0.3, 0.4) is 0 Å². The second kappa shape index (κ2) is 22.6. The van der Waals surface area contributed by atoms with Crippen LogP contribution in [0.1, 0.15) is 0 Å². The minimum absolute atomic E-state index is 1.02. The van der Waals surface area contributed by atoms with Crippen LogP contribution in [0.5, 0.6) is 0 Å². The Morgan fingerprint density at radius 2 is 0.571 bits per heavy atom. The van der Waals surface area contributed by atoms with E-state index in [4.69, 9.17) is 0 Å². The van der Waals surface area contributed by atoms with E-state index < -0.39 is 0 Å². The van der Waals surface area contributed by atoms with Crippen molar-refractivity contribution < 1.29 is 15.7 Å². The Balaban J connectivity index is 3.96. The van der Waals surface area contributed by atoms with Crippen molar-refractivity contribution in [1.82, 2.24) is 0 Å². The predicted molar refractivity (Wildman–Crippen MR) is 72.3 cm³/mol. The number of hydrogen-bond donors (Lipinski definition) is 1. The van der Waals surface area contributed by atoms with Crippen LogP contribution >= 0.6 is 0 Å². The third kappa shape index (κ3) is 21.6. The molecule has 0 aliphatic rings. The molecule has 0 aromatic rings. The molecule has 28 heteroatoms. The van der Waals surface area contributed by atoms with E-state index in [9.17, 15) is 0 Å². The summed E-state index contributed by atoms with van der Waals surface area (Å²) in [6.45, 7) is 0. The Kier molecular flexibility index (Phi) is 19.1. The van der Waals surface area contributed by atoms with Crippen molar-refractivity contribution in [2.75, 3.05) is 0 Å². The summed E-state index contributed by atoms with van der Waals surface area (Å²) >= 11 is 2.08. The normalized spacial score (nSPS) is 14.4. The third-order valence-corrected chi connectivity index (χ3v) is 1.49. The third-order valence-electron chi connectivity index (χ3n) is 1.00. The summed E-state index contributed by atoms with van der Waals surface area (Å²) in [6.07, 6.45) is 0. The zero-order chi connectivity index (χ0) is 20.4. The van der Waals surface area contributed by atoms with Crippen LogP contribution in [0.15, 0.2) is 130 Å². The van der Waals surface area contributed by atoms with Crippen LogP contribution in [0.4, 0.5) is 0 Å². The number of hydrogen-bond acceptors (Lipinski definition) is 1. The number of rotatable bonds is 12. The van der Waals surface area contributed by atoms with Gasteiger partial charge in [0.15, 0.2) is 0 Å². The quantitative estimate of drug-likeness (QED) is 0.257. The Morgan fingerprint density at radius 1 is 0.357 bits per heavy atom. The minimum atomic E-state index is 1.02. The van der Waals surface area contributed by atoms with Crippen LogP contribution in [0, 0.1) is 0 Å². The van der Waals surface area contributed by atoms with Gasteiger partial charge in [0, 0.05) is 31.3 Å². The molecule has 0 radical (unpaired) electrons. The molecule has 0 saturated heterocycles. The van der Waals surface area contributed by atoms with Crippen LogP contribution < -0.4 is 5.84 Å². The number of nitrogens with zero attached hydrogens (tertiary/aromatic N) is 25. The average Bonchev–Trinajstić information content (AvgIpc) is 2.71. The van der Waals surface area contributed by atoms with Gasteiger partial charge in [0.25, 0.3) is 0 Å². The molecule has 26 nitrogen and oxygen atoms in total. The molecule has 0 rings (SSSR count). The van der Waals surface area contributed by atoms with E-state index in [1.54, 1.807) is 0 Å². The van der Waals surface area contributed by atoms with Gasteiger partial charge in [-0.25, -0.2) is 0 Å². The topological polar surface area (TPSA) is 335 Å². The van der Waals surface area contributed by atoms with Crippen LogP contribution in [0.25, 0.3) is 0 Å². The summed E-state index contributed by atoms with van der Waals surface area (Å²) < 4.78 is 3.37. The van der Waals surface area contributed by atoms with Crippen molar-refractivity contribution in [1.29, 1.82) is 0 Å². The molecule has 0 aromatic heterocycles. The molecule has 0 aliphatic heterocycles. The molecule has 0 aromatic carbocycles. The van der Waals surface area contributed by atoms with E-state index >= 15 is 0 Å². The average molecular weight is 449 g/mol. The fraction of sp³-hybridized carbons (Fsp3) is 0. The van der Waals surface area contributed by atoms with Gasteiger partial charge in [-0.15, -0.1) is 0 Å². The molecular formula is H2N26SV. The maximum atomic E-state index is 4.61. The maximum absolute atomic E-state index is 4.61. The zero-order valence-electron chi connectivity index (χ0n) is 12.6. The van der Waals surface area contributed by atoms with Gasteiger partial charge in [-0.3, -0.25) is 0 Å². The van der Waals surface area contributed by atoms with Crippen molar-refractivity contribution >= 4 is 9.21 Å². The summed E-state index contributed by atoms with van der Waals surface area (Å²) in [4.78, 5) is 0. The number of nitrogens with two attached hydrogens (primary N) is 1. The molecule has 0 saturated carbocycles. The van der Waals surface area contributed by atoms with Crippen LogP contribution in [-0.2, 0) is 24.9 Å². The molecule has 0 aliphatic carbocycles. The molecule has 0 amide bonds. The van der Waals surface area contributed by atoms with E-state index in [1.807, 2.05) is 0 Å². The second-order valence-corrected chi connectivity index (χ2v) is 3.43. The fourth-order valence-corrected chi connectivity index (χ4v) is 0.650. The van der Waals surface area contributed by atoms with E-state index in [2.05, 4.69) is 151 Å². The summed E-state index contributed by atoms with van der Waals surface area (Å²) in [5, 5.41) is 72.0. The van der Waals surface area contributed by atoms with Crippen molar-refractivity contribution in [3.05, 3.63) is 0 Å². The Bertz CT molecular complexity index is 782. The molecule has 0 fully saturated rings. The van der Waals surface area contributed by atoms with E-state index in [0.29, 0.717) is 0 Å². The molecule has 0 unspecified atom stereocenters. The van der Waals surface area contributed by atoms with Crippen molar-refractivity contribution in [2.45, 2.75) is 0 Å². The van der Waals surface area contributed by atoms with Gasteiger partial charge in [-0.05, 0) is 36.6 Å². The van der Waals surface area contributed by atoms with Gasteiger partial charge in [0.1, 0.15) is 0 Å². The van der Waals surface area contributed by atoms with Gasteiger partial charge >= 0.3 is 81.6 Å². The van der Waals surface area contributed by atoms with Gasteiger partial charge in [-0.2, -0.15) is 0 Å². The molecule has 0 spiro atoms. The van der Waals surface area contributed by atoms with E-state index in [-0.39, 0.29) is 0 Å². The van der Waals surface area contributed by atoms with Crippen LogP contribution in [0.2, 0.25) is 0 Å². The molecule has 143 valence electrons. The first-order chi connectivity index (χ1) is 13.9. The first-order valence-electron chi connectivity index (χ1n) is 5.42. The first kappa shape index (κ1) is 23.6.